The molecule has 1 aliphatic rings. The summed E-state index contributed by atoms with van der Waals surface area (Å²) in [4.78, 5) is 2.71. The van der Waals surface area contributed by atoms with Gasteiger partial charge >= 0.3 is 0 Å². The summed E-state index contributed by atoms with van der Waals surface area (Å²) in [5.41, 5.74) is 0. The standard InChI is InChI=1S/C10H15NOS/c1-7-6-9(12-2)10(13-7)8-4-3-5-11-8/h6,8,11H,3-5H2,1-2H3. The van der Waals surface area contributed by atoms with Gasteiger partial charge in [-0.2, -0.15) is 0 Å². The minimum Gasteiger partial charge on any atom is -0.496 e. The Labute approximate surface area is 82.9 Å². The second-order valence-corrected chi connectivity index (χ2v) is 4.73. The molecule has 3 heteroatoms. The van der Waals surface area contributed by atoms with Crippen molar-refractivity contribution in [2.75, 3.05) is 13.7 Å². The Hall–Kier alpha value is -0.540. The molecule has 1 aliphatic heterocycles. The minimum absolute atomic E-state index is 0.536. The predicted octanol–water partition coefficient (Wildman–Crippen LogP) is 2.49. The Kier molecular flexibility index (Phi) is 2.56. The number of rotatable bonds is 2. The Morgan fingerprint density at radius 3 is 3.08 bits per heavy atom. The van der Waals surface area contributed by atoms with Gasteiger partial charge in [0.15, 0.2) is 0 Å². The minimum atomic E-state index is 0.536. The largest absolute Gasteiger partial charge is 0.496 e. The van der Waals surface area contributed by atoms with Crippen molar-refractivity contribution >= 4 is 11.3 Å². The third-order valence-corrected chi connectivity index (χ3v) is 3.59. The number of nitrogens with one attached hydrogen (secondary N) is 1. The molecule has 0 spiro atoms. The van der Waals surface area contributed by atoms with Crippen LogP contribution in [0.2, 0.25) is 0 Å². The molecular weight excluding hydrogens is 182 g/mol. The summed E-state index contributed by atoms with van der Waals surface area (Å²) in [5, 5.41) is 3.49. The molecule has 72 valence electrons. The number of ether oxygens (including phenoxy) is 1. The normalized spacial score (nSPS) is 22.2. The van der Waals surface area contributed by atoms with E-state index < -0.39 is 0 Å². The quantitative estimate of drug-likeness (QED) is 0.786. The first kappa shape index (κ1) is 9.03. The second-order valence-electron chi connectivity index (χ2n) is 3.44. The van der Waals surface area contributed by atoms with E-state index in [4.69, 9.17) is 4.74 Å². The Morgan fingerprint density at radius 2 is 2.46 bits per heavy atom. The van der Waals surface area contributed by atoms with Gasteiger partial charge < -0.3 is 10.1 Å². The van der Waals surface area contributed by atoms with E-state index >= 15 is 0 Å². The highest BCUT2D eigenvalue weighted by atomic mass is 32.1. The first-order chi connectivity index (χ1) is 6.31. The zero-order valence-electron chi connectivity index (χ0n) is 8.09. The molecule has 1 aromatic rings. The van der Waals surface area contributed by atoms with Crippen LogP contribution >= 0.6 is 11.3 Å². The highest BCUT2D eigenvalue weighted by Gasteiger charge is 2.21. The average molecular weight is 197 g/mol. The molecule has 0 aromatic carbocycles. The number of thiophene rings is 1. The van der Waals surface area contributed by atoms with E-state index in [0.717, 1.165) is 12.3 Å². The smallest absolute Gasteiger partial charge is 0.134 e. The van der Waals surface area contributed by atoms with Crippen LogP contribution in [0.3, 0.4) is 0 Å². The topological polar surface area (TPSA) is 21.3 Å². The fourth-order valence-electron chi connectivity index (χ4n) is 1.82. The van der Waals surface area contributed by atoms with Crippen LogP contribution in [0.5, 0.6) is 5.75 Å². The van der Waals surface area contributed by atoms with Gasteiger partial charge in [-0.3, -0.25) is 0 Å². The molecule has 0 radical (unpaired) electrons. The van der Waals surface area contributed by atoms with Crippen LogP contribution in [-0.4, -0.2) is 13.7 Å². The summed E-state index contributed by atoms with van der Waals surface area (Å²) in [6.45, 7) is 3.27. The predicted molar refractivity (Wildman–Crippen MR) is 55.6 cm³/mol. The SMILES string of the molecule is COc1cc(C)sc1C1CCCN1. The molecule has 2 rings (SSSR count). The van der Waals surface area contributed by atoms with Crippen molar-refractivity contribution in [2.45, 2.75) is 25.8 Å². The maximum absolute atomic E-state index is 5.35. The van der Waals surface area contributed by atoms with Gasteiger partial charge in [-0.1, -0.05) is 0 Å². The Morgan fingerprint density at radius 1 is 1.62 bits per heavy atom. The van der Waals surface area contributed by atoms with Gasteiger partial charge in [0, 0.05) is 10.9 Å². The molecule has 0 amide bonds. The summed E-state index contributed by atoms with van der Waals surface area (Å²) >= 11 is 1.85. The molecule has 1 fully saturated rings. The highest BCUT2D eigenvalue weighted by molar-refractivity contribution is 7.12. The molecule has 1 atom stereocenters. The zero-order chi connectivity index (χ0) is 9.26. The van der Waals surface area contributed by atoms with Gasteiger partial charge in [0.1, 0.15) is 5.75 Å². The molecule has 1 N–H and O–H groups in total. The summed E-state index contributed by atoms with van der Waals surface area (Å²) in [7, 11) is 1.75. The number of hydrogen-bond donors (Lipinski definition) is 1. The number of aryl methyl sites for hydroxylation is 1. The van der Waals surface area contributed by atoms with Crippen LogP contribution in [0, 0.1) is 6.92 Å². The van der Waals surface area contributed by atoms with Crippen molar-refractivity contribution in [1.29, 1.82) is 0 Å². The first-order valence-corrected chi connectivity index (χ1v) is 5.50. The van der Waals surface area contributed by atoms with Crippen molar-refractivity contribution in [1.82, 2.24) is 5.32 Å². The van der Waals surface area contributed by atoms with Crippen molar-refractivity contribution in [3.8, 4) is 5.75 Å². The van der Waals surface area contributed by atoms with Crippen LogP contribution in [0.1, 0.15) is 28.6 Å². The van der Waals surface area contributed by atoms with Crippen LogP contribution in [0.4, 0.5) is 0 Å². The molecule has 1 unspecified atom stereocenters. The van der Waals surface area contributed by atoms with Gasteiger partial charge in [0.2, 0.25) is 0 Å². The first-order valence-electron chi connectivity index (χ1n) is 4.69. The maximum Gasteiger partial charge on any atom is 0.134 e. The number of methoxy groups -OCH3 is 1. The van der Waals surface area contributed by atoms with Gasteiger partial charge in [-0.15, -0.1) is 11.3 Å². The summed E-state index contributed by atoms with van der Waals surface area (Å²) in [6, 6.07) is 2.66. The van der Waals surface area contributed by atoms with Crippen molar-refractivity contribution < 1.29 is 4.74 Å². The molecule has 0 saturated carbocycles. The van der Waals surface area contributed by atoms with Crippen LogP contribution in [0.15, 0.2) is 6.07 Å². The van der Waals surface area contributed by atoms with Gasteiger partial charge in [0.25, 0.3) is 0 Å². The lowest BCUT2D eigenvalue weighted by molar-refractivity contribution is 0.407. The monoisotopic (exact) mass is 197 g/mol. The molecular formula is C10H15NOS. The lowest BCUT2D eigenvalue weighted by Gasteiger charge is -2.09. The van der Waals surface area contributed by atoms with Crippen molar-refractivity contribution in [3.05, 3.63) is 15.8 Å². The Balaban J connectivity index is 2.26. The molecule has 1 aromatic heterocycles. The fourth-order valence-corrected chi connectivity index (χ4v) is 2.92. The molecule has 0 aliphatic carbocycles. The van der Waals surface area contributed by atoms with E-state index in [9.17, 15) is 0 Å². The van der Waals surface area contributed by atoms with E-state index in [1.54, 1.807) is 7.11 Å². The lowest BCUT2D eigenvalue weighted by atomic mass is 10.2. The van der Waals surface area contributed by atoms with Gasteiger partial charge in [-0.25, -0.2) is 0 Å². The molecule has 1 saturated heterocycles. The zero-order valence-corrected chi connectivity index (χ0v) is 8.91. The van der Waals surface area contributed by atoms with E-state index in [2.05, 4.69) is 18.3 Å². The number of hydrogen-bond acceptors (Lipinski definition) is 3. The van der Waals surface area contributed by atoms with E-state index in [0.29, 0.717) is 6.04 Å². The fraction of sp³-hybridized carbons (Fsp3) is 0.600. The molecule has 0 bridgehead atoms. The van der Waals surface area contributed by atoms with Crippen molar-refractivity contribution in [2.24, 2.45) is 0 Å². The lowest BCUT2D eigenvalue weighted by Crippen LogP contribution is -2.12. The van der Waals surface area contributed by atoms with Crippen LogP contribution < -0.4 is 10.1 Å². The summed E-state index contributed by atoms with van der Waals surface area (Å²) in [6.07, 6.45) is 2.53. The summed E-state index contributed by atoms with van der Waals surface area (Å²) in [5.74, 6) is 1.06. The third-order valence-electron chi connectivity index (χ3n) is 2.44. The van der Waals surface area contributed by atoms with Crippen LogP contribution in [0.25, 0.3) is 0 Å². The summed E-state index contributed by atoms with van der Waals surface area (Å²) < 4.78 is 5.35. The van der Waals surface area contributed by atoms with Gasteiger partial charge in [-0.05, 0) is 32.4 Å². The van der Waals surface area contributed by atoms with Crippen molar-refractivity contribution in [3.63, 3.8) is 0 Å². The molecule has 2 nitrogen and oxygen atoms in total. The second kappa shape index (κ2) is 3.68. The highest BCUT2D eigenvalue weighted by Crippen LogP contribution is 2.37. The molecule has 13 heavy (non-hydrogen) atoms. The Bertz CT molecular complexity index is 289. The van der Waals surface area contributed by atoms with Gasteiger partial charge in [0.05, 0.1) is 12.0 Å². The average Bonchev–Trinajstić information content (AvgIpc) is 2.71. The maximum atomic E-state index is 5.35. The van der Waals surface area contributed by atoms with E-state index in [1.807, 2.05) is 11.3 Å². The molecule has 2 heterocycles. The van der Waals surface area contributed by atoms with E-state index in [1.165, 1.54) is 22.6 Å². The van der Waals surface area contributed by atoms with E-state index in [-0.39, 0.29) is 0 Å². The van der Waals surface area contributed by atoms with Crippen LogP contribution in [-0.2, 0) is 0 Å². The third kappa shape index (κ3) is 1.71.